The van der Waals surface area contributed by atoms with E-state index < -0.39 is 0 Å². The van der Waals surface area contributed by atoms with Crippen LogP contribution in [0.2, 0.25) is 0 Å². The van der Waals surface area contributed by atoms with Gasteiger partial charge in [-0.15, -0.1) is 0 Å². The van der Waals surface area contributed by atoms with Crippen LogP contribution in [0.15, 0.2) is 66.7 Å². The lowest BCUT2D eigenvalue weighted by atomic mass is 9.87. The van der Waals surface area contributed by atoms with Gasteiger partial charge in [0.25, 0.3) is 0 Å². The maximum Gasteiger partial charge on any atom is 0.238 e. The standard InChI is InChI=1S/C26H25N3O3/c1-31-23-14-20-11-12-29(17-25(30)28-21-10-6-7-18(13-21)16-27)26(19-8-4-3-5-9-19)22(20)15-24(23)32-2/h3-10,13-15,26H,11-12,17H2,1-2H3,(H,28,30)/t26-/m1/s1. The zero-order chi connectivity index (χ0) is 22.5. The van der Waals surface area contributed by atoms with Crippen LogP contribution in [0.3, 0.4) is 0 Å². The molecule has 6 heteroatoms. The van der Waals surface area contributed by atoms with Gasteiger partial charge in [-0.25, -0.2) is 0 Å². The number of nitrogens with zero attached hydrogens (tertiary/aromatic N) is 2. The van der Waals surface area contributed by atoms with E-state index in [1.165, 1.54) is 5.56 Å². The summed E-state index contributed by atoms with van der Waals surface area (Å²) >= 11 is 0. The molecular formula is C26H25N3O3. The van der Waals surface area contributed by atoms with E-state index in [4.69, 9.17) is 14.7 Å². The Kier molecular flexibility index (Phi) is 6.39. The maximum atomic E-state index is 12.9. The molecule has 0 spiro atoms. The molecule has 3 aromatic carbocycles. The Bertz CT molecular complexity index is 1150. The number of benzene rings is 3. The van der Waals surface area contributed by atoms with Crippen LogP contribution in [0.5, 0.6) is 11.5 Å². The molecule has 6 nitrogen and oxygen atoms in total. The predicted octanol–water partition coefficient (Wildman–Crippen LogP) is 4.16. The Hall–Kier alpha value is -3.82. The third-order valence-corrected chi connectivity index (χ3v) is 5.71. The number of fused-ring (bicyclic) bond motifs is 1. The van der Waals surface area contributed by atoms with Crippen LogP contribution in [-0.2, 0) is 11.2 Å². The molecular weight excluding hydrogens is 402 g/mol. The van der Waals surface area contributed by atoms with Crippen molar-refractivity contribution in [2.24, 2.45) is 0 Å². The Labute approximate surface area is 188 Å². The Morgan fingerprint density at radius 3 is 2.53 bits per heavy atom. The lowest BCUT2D eigenvalue weighted by Crippen LogP contribution is -2.41. The molecule has 0 saturated heterocycles. The second kappa shape index (κ2) is 9.54. The average molecular weight is 428 g/mol. The van der Waals surface area contributed by atoms with Gasteiger partial charge in [0.1, 0.15) is 0 Å². The van der Waals surface area contributed by atoms with E-state index >= 15 is 0 Å². The number of amides is 1. The highest BCUT2D eigenvalue weighted by Crippen LogP contribution is 2.40. The van der Waals surface area contributed by atoms with E-state index in [0.717, 1.165) is 24.1 Å². The minimum atomic E-state index is -0.120. The van der Waals surface area contributed by atoms with Gasteiger partial charge in [-0.2, -0.15) is 5.26 Å². The summed E-state index contributed by atoms with van der Waals surface area (Å²) < 4.78 is 11.0. The van der Waals surface area contributed by atoms with Crippen molar-refractivity contribution in [2.75, 3.05) is 32.6 Å². The van der Waals surface area contributed by atoms with Crippen LogP contribution in [0.4, 0.5) is 5.69 Å². The highest BCUT2D eigenvalue weighted by atomic mass is 16.5. The minimum absolute atomic E-state index is 0.0871. The molecule has 1 aliphatic heterocycles. The van der Waals surface area contributed by atoms with Crippen molar-refractivity contribution in [3.05, 3.63) is 89.0 Å². The molecule has 0 unspecified atom stereocenters. The van der Waals surface area contributed by atoms with Crippen molar-refractivity contribution in [1.82, 2.24) is 4.90 Å². The van der Waals surface area contributed by atoms with Crippen LogP contribution < -0.4 is 14.8 Å². The fourth-order valence-corrected chi connectivity index (χ4v) is 4.25. The lowest BCUT2D eigenvalue weighted by Gasteiger charge is -2.37. The quantitative estimate of drug-likeness (QED) is 0.639. The van der Waals surface area contributed by atoms with Crippen LogP contribution in [0.1, 0.15) is 28.3 Å². The van der Waals surface area contributed by atoms with Gasteiger partial charge in [-0.1, -0.05) is 36.4 Å². The number of rotatable bonds is 6. The van der Waals surface area contributed by atoms with E-state index in [1.54, 1.807) is 38.5 Å². The molecule has 0 bridgehead atoms. The SMILES string of the molecule is COc1cc2c(cc1OC)[C@@H](c1ccccc1)N(CC(=O)Nc1cccc(C#N)c1)CC2. The van der Waals surface area contributed by atoms with E-state index in [1.807, 2.05) is 30.3 Å². The largest absolute Gasteiger partial charge is 0.493 e. The molecule has 162 valence electrons. The molecule has 32 heavy (non-hydrogen) atoms. The molecule has 3 aromatic rings. The van der Waals surface area contributed by atoms with Crippen molar-refractivity contribution in [3.63, 3.8) is 0 Å². The number of anilines is 1. The molecule has 1 N–H and O–H groups in total. The summed E-state index contributed by atoms with van der Waals surface area (Å²) in [5, 5.41) is 12.0. The lowest BCUT2D eigenvalue weighted by molar-refractivity contribution is -0.117. The van der Waals surface area contributed by atoms with Gasteiger partial charge in [0.05, 0.1) is 38.4 Å². The van der Waals surface area contributed by atoms with Gasteiger partial charge in [-0.3, -0.25) is 9.69 Å². The van der Waals surface area contributed by atoms with E-state index in [0.29, 0.717) is 22.7 Å². The fraction of sp³-hybridized carbons (Fsp3) is 0.231. The molecule has 0 aliphatic carbocycles. The summed E-state index contributed by atoms with van der Waals surface area (Å²) in [4.78, 5) is 15.1. The predicted molar refractivity (Wildman–Crippen MR) is 123 cm³/mol. The number of hydrogen-bond donors (Lipinski definition) is 1. The summed E-state index contributed by atoms with van der Waals surface area (Å²) in [7, 11) is 3.27. The summed E-state index contributed by atoms with van der Waals surface area (Å²) in [6.45, 7) is 0.956. The zero-order valence-electron chi connectivity index (χ0n) is 18.2. The summed E-state index contributed by atoms with van der Waals surface area (Å²) in [5.74, 6) is 1.26. The van der Waals surface area contributed by atoms with Gasteiger partial charge in [0.15, 0.2) is 11.5 Å². The Morgan fingerprint density at radius 1 is 1.06 bits per heavy atom. The number of ether oxygens (including phenoxy) is 2. The van der Waals surface area contributed by atoms with Crippen molar-refractivity contribution >= 4 is 11.6 Å². The first-order valence-corrected chi connectivity index (χ1v) is 10.5. The normalized spacial score (nSPS) is 15.3. The topological polar surface area (TPSA) is 74.6 Å². The van der Waals surface area contributed by atoms with Gasteiger partial charge >= 0.3 is 0 Å². The van der Waals surface area contributed by atoms with Crippen molar-refractivity contribution < 1.29 is 14.3 Å². The van der Waals surface area contributed by atoms with E-state index in [-0.39, 0.29) is 18.5 Å². The smallest absolute Gasteiger partial charge is 0.238 e. The molecule has 1 amide bonds. The minimum Gasteiger partial charge on any atom is -0.493 e. The second-order valence-electron chi connectivity index (χ2n) is 7.68. The first kappa shape index (κ1) is 21.4. The average Bonchev–Trinajstić information content (AvgIpc) is 2.83. The van der Waals surface area contributed by atoms with Gasteiger partial charge in [0.2, 0.25) is 5.91 Å². The van der Waals surface area contributed by atoms with Crippen molar-refractivity contribution in [1.29, 1.82) is 5.26 Å². The van der Waals surface area contributed by atoms with Crippen LogP contribution >= 0.6 is 0 Å². The molecule has 0 aromatic heterocycles. The third kappa shape index (κ3) is 4.43. The second-order valence-corrected chi connectivity index (χ2v) is 7.68. The van der Waals surface area contributed by atoms with Crippen LogP contribution in [-0.4, -0.2) is 38.1 Å². The maximum absolute atomic E-state index is 12.9. The number of nitrogens with one attached hydrogen (secondary N) is 1. The first-order chi connectivity index (χ1) is 15.6. The number of carbonyl (C=O) groups is 1. The van der Waals surface area contributed by atoms with E-state index in [2.05, 4.69) is 28.4 Å². The number of carbonyl (C=O) groups excluding carboxylic acids is 1. The number of nitriles is 1. The zero-order valence-corrected chi connectivity index (χ0v) is 18.2. The van der Waals surface area contributed by atoms with Gasteiger partial charge in [-0.05, 0) is 53.4 Å². The fourth-order valence-electron chi connectivity index (χ4n) is 4.25. The van der Waals surface area contributed by atoms with Crippen LogP contribution in [0, 0.1) is 11.3 Å². The Balaban J connectivity index is 1.64. The molecule has 0 radical (unpaired) electrons. The molecule has 1 aliphatic rings. The number of methoxy groups -OCH3 is 2. The number of hydrogen-bond acceptors (Lipinski definition) is 5. The summed E-state index contributed by atoms with van der Waals surface area (Å²) in [5.41, 5.74) is 4.54. The Morgan fingerprint density at radius 2 is 1.81 bits per heavy atom. The van der Waals surface area contributed by atoms with Crippen molar-refractivity contribution in [2.45, 2.75) is 12.5 Å². The molecule has 1 atom stereocenters. The van der Waals surface area contributed by atoms with Crippen molar-refractivity contribution in [3.8, 4) is 17.6 Å². The van der Waals surface area contributed by atoms with Gasteiger partial charge < -0.3 is 14.8 Å². The highest BCUT2D eigenvalue weighted by Gasteiger charge is 2.31. The monoisotopic (exact) mass is 427 g/mol. The molecule has 1 heterocycles. The highest BCUT2D eigenvalue weighted by molar-refractivity contribution is 5.92. The summed E-state index contributed by atoms with van der Waals surface area (Å²) in [6.07, 6.45) is 0.802. The molecule has 0 saturated carbocycles. The van der Waals surface area contributed by atoms with Gasteiger partial charge in [0, 0.05) is 12.2 Å². The first-order valence-electron chi connectivity index (χ1n) is 10.5. The summed E-state index contributed by atoms with van der Waals surface area (Å²) in [6, 6.07) is 23.2. The van der Waals surface area contributed by atoms with Crippen LogP contribution in [0.25, 0.3) is 0 Å². The van der Waals surface area contributed by atoms with E-state index in [9.17, 15) is 4.79 Å². The molecule has 0 fully saturated rings. The molecule has 4 rings (SSSR count). The third-order valence-electron chi connectivity index (χ3n) is 5.71.